The van der Waals surface area contributed by atoms with Crippen LogP contribution in [0.15, 0.2) is 18.3 Å². The van der Waals surface area contributed by atoms with Crippen molar-refractivity contribution in [3.63, 3.8) is 0 Å². The molecule has 0 bridgehead atoms. The number of carboxylic acid groups (broad SMARTS) is 1. The topological polar surface area (TPSA) is 54.3 Å². The molecule has 0 radical (unpaired) electrons. The second-order valence-corrected chi connectivity index (χ2v) is 4.53. The number of rotatable bonds is 1. The van der Waals surface area contributed by atoms with Crippen molar-refractivity contribution in [2.24, 2.45) is 0 Å². The lowest BCUT2D eigenvalue weighted by molar-refractivity contribution is -0.140. The molecule has 2 aliphatic rings. The Bertz CT molecular complexity index is 406. The second-order valence-electron chi connectivity index (χ2n) is 4.53. The van der Waals surface area contributed by atoms with Crippen LogP contribution in [0.4, 0.5) is 0 Å². The maximum absolute atomic E-state index is 11.1. The molecule has 0 unspecified atom stereocenters. The first-order valence-corrected chi connectivity index (χ1v) is 5.37. The van der Waals surface area contributed by atoms with Gasteiger partial charge in [-0.15, -0.1) is 0 Å². The quantitative estimate of drug-likeness (QED) is 0.723. The molecule has 1 aromatic rings. The van der Waals surface area contributed by atoms with E-state index in [1.165, 1.54) is 6.42 Å². The third-order valence-electron chi connectivity index (χ3n) is 3.75. The van der Waals surface area contributed by atoms with Crippen molar-refractivity contribution < 1.29 is 9.90 Å². The number of aliphatic carboxylic acids is 1. The lowest BCUT2D eigenvalue weighted by Gasteiger charge is -2.48. The van der Waals surface area contributed by atoms with Crippen molar-refractivity contribution >= 4 is 5.97 Å². The van der Waals surface area contributed by atoms with Gasteiger partial charge in [-0.1, -0.05) is 0 Å². The van der Waals surface area contributed by atoms with Gasteiger partial charge in [-0.25, -0.2) is 0 Å². The highest BCUT2D eigenvalue weighted by atomic mass is 16.4. The van der Waals surface area contributed by atoms with Crippen LogP contribution in [-0.4, -0.2) is 22.2 Å². The summed E-state index contributed by atoms with van der Waals surface area (Å²) >= 11 is 0. The van der Waals surface area contributed by atoms with Crippen molar-refractivity contribution in [3.8, 4) is 0 Å². The van der Waals surface area contributed by atoms with E-state index in [0.29, 0.717) is 0 Å². The Morgan fingerprint density at radius 1 is 1.60 bits per heavy atom. The molecule has 80 valence electrons. The summed E-state index contributed by atoms with van der Waals surface area (Å²) in [6, 6.07) is 3.31. The summed E-state index contributed by atoms with van der Waals surface area (Å²) < 4.78 is 2.17. The first kappa shape index (κ1) is 8.97. The van der Waals surface area contributed by atoms with Crippen molar-refractivity contribution in [3.05, 3.63) is 24.0 Å². The average Bonchev–Trinajstić information content (AvgIpc) is 2.61. The Hall–Kier alpha value is -1.29. The molecule has 0 amide bonds. The lowest BCUT2D eigenvalue weighted by atomic mass is 9.75. The molecule has 1 saturated carbocycles. The first-order valence-electron chi connectivity index (χ1n) is 5.37. The highest BCUT2D eigenvalue weighted by Crippen LogP contribution is 2.43. The van der Waals surface area contributed by atoms with E-state index < -0.39 is 12.0 Å². The van der Waals surface area contributed by atoms with Gasteiger partial charge in [0.25, 0.3) is 0 Å². The zero-order valence-electron chi connectivity index (χ0n) is 8.44. The van der Waals surface area contributed by atoms with E-state index in [-0.39, 0.29) is 5.54 Å². The van der Waals surface area contributed by atoms with E-state index in [1.807, 2.05) is 18.3 Å². The number of nitrogens with one attached hydrogen (secondary N) is 1. The number of nitrogens with zero attached hydrogens (tertiary/aromatic N) is 1. The third kappa shape index (κ3) is 1.08. The van der Waals surface area contributed by atoms with Crippen molar-refractivity contribution in [2.45, 2.75) is 30.8 Å². The molecular weight excluding hydrogens is 192 g/mol. The highest BCUT2D eigenvalue weighted by Gasteiger charge is 2.44. The van der Waals surface area contributed by atoms with Crippen molar-refractivity contribution in [1.29, 1.82) is 0 Å². The molecule has 0 saturated heterocycles. The molecule has 1 atom stereocenters. The van der Waals surface area contributed by atoms with Gasteiger partial charge in [-0.2, -0.15) is 0 Å². The van der Waals surface area contributed by atoms with Crippen LogP contribution in [0.1, 0.15) is 31.0 Å². The fourth-order valence-corrected chi connectivity index (χ4v) is 2.76. The minimum Gasteiger partial charge on any atom is -0.480 e. The van der Waals surface area contributed by atoms with Gasteiger partial charge in [0.05, 0.1) is 5.54 Å². The number of aromatic nitrogens is 1. The van der Waals surface area contributed by atoms with Crippen LogP contribution in [0.3, 0.4) is 0 Å². The molecule has 1 aliphatic heterocycles. The summed E-state index contributed by atoms with van der Waals surface area (Å²) in [5, 5.41) is 12.2. The van der Waals surface area contributed by atoms with Crippen molar-refractivity contribution in [1.82, 2.24) is 9.88 Å². The van der Waals surface area contributed by atoms with Gasteiger partial charge in [0.15, 0.2) is 0 Å². The number of carboxylic acids is 1. The number of fused-ring (bicyclic) bond motifs is 2. The van der Waals surface area contributed by atoms with E-state index in [0.717, 1.165) is 25.1 Å². The zero-order chi connectivity index (χ0) is 10.5. The van der Waals surface area contributed by atoms with Gasteiger partial charge in [0.1, 0.15) is 6.04 Å². The van der Waals surface area contributed by atoms with Gasteiger partial charge in [-0.3, -0.25) is 10.1 Å². The predicted octanol–water partition coefficient (Wildman–Crippen LogP) is 1.10. The average molecular weight is 206 g/mol. The first-order chi connectivity index (χ1) is 7.23. The van der Waals surface area contributed by atoms with Crippen LogP contribution in [0.5, 0.6) is 0 Å². The summed E-state index contributed by atoms with van der Waals surface area (Å²) in [7, 11) is 0. The molecule has 1 spiro atoms. The van der Waals surface area contributed by atoms with E-state index >= 15 is 0 Å². The number of carbonyl (C=O) groups is 1. The Labute approximate surface area is 87.9 Å². The Kier molecular flexibility index (Phi) is 1.71. The lowest BCUT2D eigenvalue weighted by Crippen LogP contribution is -2.55. The van der Waals surface area contributed by atoms with E-state index in [2.05, 4.69) is 9.88 Å². The molecule has 3 rings (SSSR count). The van der Waals surface area contributed by atoms with Crippen LogP contribution >= 0.6 is 0 Å². The molecule has 2 heterocycles. The van der Waals surface area contributed by atoms with Crippen LogP contribution in [0.2, 0.25) is 0 Å². The Morgan fingerprint density at radius 2 is 2.40 bits per heavy atom. The molecule has 0 aromatic carbocycles. The smallest absolute Gasteiger partial charge is 0.326 e. The van der Waals surface area contributed by atoms with Gasteiger partial charge in [0.2, 0.25) is 0 Å². The summed E-state index contributed by atoms with van der Waals surface area (Å²) in [6.07, 6.45) is 5.59. The molecule has 4 nitrogen and oxygen atoms in total. The van der Waals surface area contributed by atoms with Crippen molar-refractivity contribution in [2.75, 3.05) is 6.54 Å². The Morgan fingerprint density at radius 3 is 3.00 bits per heavy atom. The minimum absolute atomic E-state index is 0.171. The number of hydrogen-bond acceptors (Lipinski definition) is 2. The van der Waals surface area contributed by atoms with Gasteiger partial charge < -0.3 is 9.67 Å². The van der Waals surface area contributed by atoms with Crippen LogP contribution in [-0.2, 0) is 10.3 Å². The monoisotopic (exact) mass is 206 g/mol. The molecule has 15 heavy (non-hydrogen) atoms. The van der Waals surface area contributed by atoms with Gasteiger partial charge in [0, 0.05) is 18.4 Å². The molecule has 4 heteroatoms. The van der Waals surface area contributed by atoms with Crippen LogP contribution in [0, 0.1) is 0 Å². The largest absolute Gasteiger partial charge is 0.480 e. The van der Waals surface area contributed by atoms with E-state index in [1.54, 1.807) is 0 Å². The molecule has 2 N–H and O–H groups in total. The summed E-state index contributed by atoms with van der Waals surface area (Å²) in [6.45, 7) is 0.783. The third-order valence-corrected chi connectivity index (χ3v) is 3.75. The molecular formula is C11H14N2O2. The zero-order valence-corrected chi connectivity index (χ0v) is 8.44. The SMILES string of the molecule is O=C(O)[C@@H]1NCC2(CCC2)n2cccc21. The summed E-state index contributed by atoms with van der Waals surface area (Å²) in [5.74, 6) is -0.788. The normalized spacial score (nSPS) is 27.1. The number of hydrogen-bond donors (Lipinski definition) is 2. The second kappa shape index (κ2) is 2.85. The highest BCUT2D eigenvalue weighted by molar-refractivity contribution is 5.75. The summed E-state index contributed by atoms with van der Waals surface area (Å²) in [5.41, 5.74) is 1.07. The van der Waals surface area contributed by atoms with Crippen LogP contribution in [0.25, 0.3) is 0 Å². The van der Waals surface area contributed by atoms with Crippen LogP contribution < -0.4 is 5.32 Å². The van der Waals surface area contributed by atoms with E-state index in [9.17, 15) is 4.79 Å². The molecule has 1 aliphatic carbocycles. The standard InChI is InChI=1S/C11H14N2O2/c14-10(15)9-8-3-1-6-13(8)11(7-12-9)4-2-5-11/h1,3,6,9,12H,2,4-5,7H2,(H,14,15)/t9-/m1/s1. The van der Waals surface area contributed by atoms with Gasteiger partial charge in [-0.05, 0) is 31.4 Å². The fourth-order valence-electron chi connectivity index (χ4n) is 2.76. The Balaban J connectivity index is 2.05. The van der Waals surface area contributed by atoms with E-state index in [4.69, 9.17) is 5.11 Å². The van der Waals surface area contributed by atoms with Gasteiger partial charge >= 0.3 is 5.97 Å². The molecule has 1 fully saturated rings. The maximum atomic E-state index is 11.1. The predicted molar refractivity (Wildman–Crippen MR) is 54.6 cm³/mol. The molecule has 1 aromatic heterocycles. The minimum atomic E-state index is -0.788. The summed E-state index contributed by atoms with van der Waals surface area (Å²) in [4.78, 5) is 11.1. The maximum Gasteiger partial charge on any atom is 0.326 e. The fraction of sp³-hybridized carbons (Fsp3) is 0.545.